The third-order valence-electron chi connectivity index (χ3n) is 5.12. The highest BCUT2D eigenvalue weighted by Crippen LogP contribution is 2.46. The van der Waals surface area contributed by atoms with Crippen molar-refractivity contribution in [2.24, 2.45) is 0 Å². The van der Waals surface area contributed by atoms with E-state index in [-0.39, 0.29) is 11.2 Å². The Hall–Kier alpha value is -2.81. The molecule has 0 fully saturated rings. The molecule has 112 valence electrons. The SMILES string of the molecule is CC1(C)c2cccnc2-n2c3cc(O)ccc3c3cccc1c32. The van der Waals surface area contributed by atoms with Gasteiger partial charge in [0, 0.05) is 34.0 Å². The van der Waals surface area contributed by atoms with Crippen molar-refractivity contribution in [2.45, 2.75) is 19.3 Å². The van der Waals surface area contributed by atoms with Crippen LogP contribution in [-0.4, -0.2) is 14.7 Å². The number of rotatable bonds is 0. The van der Waals surface area contributed by atoms with Crippen LogP contribution in [0.5, 0.6) is 5.75 Å². The summed E-state index contributed by atoms with van der Waals surface area (Å²) in [4.78, 5) is 4.67. The normalized spacial score (nSPS) is 15.0. The Labute approximate surface area is 133 Å². The predicted molar refractivity (Wildman–Crippen MR) is 92.4 cm³/mol. The minimum absolute atomic E-state index is 0.102. The fourth-order valence-corrected chi connectivity index (χ4v) is 3.99. The van der Waals surface area contributed by atoms with Crippen molar-refractivity contribution >= 4 is 21.8 Å². The summed E-state index contributed by atoms with van der Waals surface area (Å²) in [5, 5.41) is 12.3. The second-order valence-corrected chi connectivity index (χ2v) is 6.74. The van der Waals surface area contributed by atoms with Crippen molar-refractivity contribution in [1.82, 2.24) is 9.55 Å². The Balaban J connectivity index is 2.14. The lowest BCUT2D eigenvalue weighted by Gasteiger charge is -2.33. The van der Waals surface area contributed by atoms with E-state index in [0.717, 1.165) is 16.7 Å². The minimum Gasteiger partial charge on any atom is -0.508 e. The number of pyridine rings is 1. The van der Waals surface area contributed by atoms with Gasteiger partial charge in [0.05, 0.1) is 11.0 Å². The summed E-state index contributed by atoms with van der Waals surface area (Å²) in [6.45, 7) is 4.50. The molecule has 0 aliphatic carbocycles. The van der Waals surface area contributed by atoms with E-state index in [0.29, 0.717) is 0 Å². The average Bonchev–Trinajstić information content (AvgIpc) is 2.87. The van der Waals surface area contributed by atoms with Crippen LogP contribution in [0.1, 0.15) is 25.0 Å². The number of aromatic nitrogens is 2. The van der Waals surface area contributed by atoms with Gasteiger partial charge < -0.3 is 5.11 Å². The van der Waals surface area contributed by atoms with Gasteiger partial charge in [-0.3, -0.25) is 4.57 Å². The molecule has 2 aromatic carbocycles. The first kappa shape index (κ1) is 12.7. The Morgan fingerprint density at radius 2 is 1.78 bits per heavy atom. The van der Waals surface area contributed by atoms with Crippen LogP contribution >= 0.6 is 0 Å². The molecule has 1 aliphatic rings. The minimum atomic E-state index is -0.102. The molecule has 0 unspecified atom stereocenters. The van der Waals surface area contributed by atoms with Crippen LogP contribution in [-0.2, 0) is 5.41 Å². The number of phenols is 1. The highest BCUT2D eigenvalue weighted by molar-refractivity contribution is 6.11. The second kappa shape index (κ2) is 3.93. The summed E-state index contributed by atoms with van der Waals surface area (Å²) in [5.41, 5.74) is 4.61. The van der Waals surface area contributed by atoms with E-state index in [1.54, 1.807) is 6.07 Å². The summed E-state index contributed by atoms with van der Waals surface area (Å²) in [6.07, 6.45) is 1.84. The van der Waals surface area contributed by atoms with E-state index in [9.17, 15) is 5.11 Å². The van der Waals surface area contributed by atoms with E-state index in [1.807, 2.05) is 24.4 Å². The Morgan fingerprint density at radius 3 is 2.65 bits per heavy atom. The zero-order chi connectivity index (χ0) is 15.8. The van der Waals surface area contributed by atoms with Crippen LogP contribution in [0.2, 0.25) is 0 Å². The monoisotopic (exact) mass is 300 g/mol. The fourth-order valence-electron chi connectivity index (χ4n) is 3.99. The van der Waals surface area contributed by atoms with E-state index in [1.165, 1.54) is 22.0 Å². The van der Waals surface area contributed by atoms with Crippen molar-refractivity contribution in [3.8, 4) is 11.6 Å². The molecule has 3 nitrogen and oxygen atoms in total. The van der Waals surface area contributed by atoms with E-state index >= 15 is 0 Å². The number of aromatic hydroxyl groups is 1. The number of benzene rings is 2. The quantitative estimate of drug-likeness (QED) is 0.518. The molecule has 0 radical (unpaired) electrons. The topological polar surface area (TPSA) is 38.0 Å². The first-order chi connectivity index (χ1) is 11.1. The highest BCUT2D eigenvalue weighted by atomic mass is 16.3. The van der Waals surface area contributed by atoms with Gasteiger partial charge in [-0.2, -0.15) is 0 Å². The van der Waals surface area contributed by atoms with Gasteiger partial charge in [0.25, 0.3) is 0 Å². The van der Waals surface area contributed by atoms with E-state index in [2.05, 4.69) is 47.7 Å². The highest BCUT2D eigenvalue weighted by Gasteiger charge is 2.35. The molecular formula is C20H16N2O. The maximum atomic E-state index is 9.98. The lowest BCUT2D eigenvalue weighted by atomic mass is 9.76. The lowest BCUT2D eigenvalue weighted by Crippen LogP contribution is -2.26. The summed E-state index contributed by atoms with van der Waals surface area (Å²) in [7, 11) is 0. The van der Waals surface area contributed by atoms with Gasteiger partial charge in [-0.05, 0) is 23.8 Å². The molecule has 1 N–H and O–H groups in total. The predicted octanol–water partition coefficient (Wildman–Crippen LogP) is 4.52. The van der Waals surface area contributed by atoms with Crippen molar-refractivity contribution in [3.63, 3.8) is 0 Å². The van der Waals surface area contributed by atoms with E-state index in [4.69, 9.17) is 0 Å². The largest absolute Gasteiger partial charge is 0.508 e. The van der Waals surface area contributed by atoms with Gasteiger partial charge in [0.2, 0.25) is 0 Å². The summed E-state index contributed by atoms with van der Waals surface area (Å²) < 4.78 is 2.19. The summed E-state index contributed by atoms with van der Waals surface area (Å²) in [5.74, 6) is 1.24. The van der Waals surface area contributed by atoms with Crippen LogP contribution in [0.4, 0.5) is 0 Å². The molecule has 0 spiro atoms. The molecule has 3 heteroatoms. The molecule has 3 heterocycles. The van der Waals surface area contributed by atoms with Crippen LogP contribution in [0.3, 0.4) is 0 Å². The molecule has 0 saturated heterocycles. The fraction of sp³-hybridized carbons (Fsp3) is 0.150. The molecule has 0 atom stereocenters. The number of para-hydroxylation sites is 1. The number of hydrogen-bond donors (Lipinski definition) is 1. The van der Waals surface area contributed by atoms with Gasteiger partial charge in [-0.1, -0.05) is 38.1 Å². The smallest absolute Gasteiger partial charge is 0.141 e. The lowest BCUT2D eigenvalue weighted by molar-refractivity contribution is 0.476. The van der Waals surface area contributed by atoms with Crippen LogP contribution in [0, 0.1) is 0 Å². The number of phenolic OH excluding ortho intramolecular Hbond substituents is 1. The van der Waals surface area contributed by atoms with Gasteiger partial charge in [0.1, 0.15) is 11.6 Å². The average molecular weight is 300 g/mol. The molecular weight excluding hydrogens is 284 g/mol. The Bertz CT molecular complexity index is 1110. The van der Waals surface area contributed by atoms with Gasteiger partial charge in [0.15, 0.2) is 0 Å². The van der Waals surface area contributed by atoms with Gasteiger partial charge in [-0.25, -0.2) is 4.98 Å². The molecule has 0 amide bonds. The summed E-state index contributed by atoms with van der Waals surface area (Å²) in [6, 6.07) is 16.2. The number of hydrogen-bond acceptors (Lipinski definition) is 2. The summed E-state index contributed by atoms with van der Waals surface area (Å²) >= 11 is 0. The van der Waals surface area contributed by atoms with Crippen molar-refractivity contribution in [1.29, 1.82) is 0 Å². The van der Waals surface area contributed by atoms with Gasteiger partial charge in [-0.15, -0.1) is 0 Å². The zero-order valence-electron chi connectivity index (χ0n) is 13.0. The number of fused-ring (bicyclic) bond motifs is 5. The van der Waals surface area contributed by atoms with Crippen LogP contribution in [0.25, 0.3) is 27.6 Å². The third-order valence-corrected chi connectivity index (χ3v) is 5.12. The Kier molecular flexibility index (Phi) is 2.17. The van der Waals surface area contributed by atoms with Crippen LogP contribution in [0.15, 0.2) is 54.7 Å². The first-order valence-corrected chi connectivity index (χ1v) is 7.81. The standard InChI is InChI=1S/C20H16N2O/c1-20(2)15-6-3-5-14-13-9-8-12(23)11-17(13)22(18(14)15)19-16(20)7-4-10-21-19/h3-11,23H,1-2H3. The van der Waals surface area contributed by atoms with Gasteiger partial charge >= 0.3 is 0 Å². The van der Waals surface area contributed by atoms with Crippen molar-refractivity contribution in [3.05, 3.63) is 65.9 Å². The first-order valence-electron chi connectivity index (χ1n) is 7.81. The third kappa shape index (κ3) is 1.42. The number of nitrogens with zero attached hydrogens (tertiary/aromatic N) is 2. The molecule has 4 aromatic rings. The molecule has 0 bridgehead atoms. The second-order valence-electron chi connectivity index (χ2n) is 6.74. The molecule has 1 aliphatic heterocycles. The molecule has 5 rings (SSSR count). The maximum Gasteiger partial charge on any atom is 0.141 e. The molecule has 23 heavy (non-hydrogen) atoms. The van der Waals surface area contributed by atoms with Crippen molar-refractivity contribution < 1.29 is 5.11 Å². The van der Waals surface area contributed by atoms with Crippen molar-refractivity contribution in [2.75, 3.05) is 0 Å². The molecule has 0 saturated carbocycles. The zero-order valence-corrected chi connectivity index (χ0v) is 13.0. The molecule has 2 aromatic heterocycles. The Morgan fingerprint density at radius 1 is 0.957 bits per heavy atom. The maximum absolute atomic E-state index is 9.98. The van der Waals surface area contributed by atoms with Crippen LogP contribution < -0.4 is 0 Å². The van der Waals surface area contributed by atoms with E-state index < -0.39 is 0 Å².